The van der Waals surface area contributed by atoms with Gasteiger partial charge in [-0.25, -0.2) is 13.2 Å². The summed E-state index contributed by atoms with van der Waals surface area (Å²) in [6, 6.07) is 7.33. The smallest absolute Gasteiger partial charge is 0.199 e. The van der Waals surface area contributed by atoms with Crippen LogP contribution < -0.4 is 4.74 Å². The van der Waals surface area contributed by atoms with Gasteiger partial charge in [0.2, 0.25) is 0 Å². The molecule has 2 aromatic carbocycles. The van der Waals surface area contributed by atoms with Gasteiger partial charge in [0.25, 0.3) is 0 Å². The van der Waals surface area contributed by atoms with Crippen LogP contribution in [0, 0.1) is 17.5 Å². The lowest BCUT2D eigenvalue weighted by Crippen LogP contribution is -1.93. The van der Waals surface area contributed by atoms with E-state index in [4.69, 9.17) is 4.74 Å². The van der Waals surface area contributed by atoms with Crippen molar-refractivity contribution in [3.63, 3.8) is 0 Å². The highest BCUT2D eigenvalue weighted by atomic mass is 79.9. The average molecular weight is 303 g/mol. The summed E-state index contributed by atoms with van der Waals surface area (Å²) < 4.78 is 44.8. The molecule has 0 unspecified atom stereocenters. The highest BCUT2D eigenvalue weighted by Crippen LogP contribution is 2.31. The minimum atomic E-state index is -0.866. The van der Waals surface area contributed by atoms with Crippen LogP contribution in [0.1, 0.15) is 0 Å². The first-order valence-corrected chi connectivity index (χ1v) is 5.44. The molecule has 0 saturated heterocycles. The predicted octanol–water partition coefficient (Wildman–Crippen LogP) is 4.66. The molecule has 0 aromatic heterocycles. The number of benzene rings is 2. The molecule has 0 bridgehead atoms. The molecule has 0 saturated carbocycles. The molecule has 17 heavy (non-hydrogen) atoms. The Hall–Kier alpha value is -1.49. The predicted molar refractivity (Wildman–Crippen MR) is 60.5 cm³/mol. The summed E-state index contributed by atoms with van der Waals surface area (Å²) in [6.07, 6.45) is 0. The maximum Gasteiger partial charge on any atom is 0.199 e. The molecule has 0 spiro atoms. The summed E-state index contributed by atoms with van der Waals surface area (Å²) in [5, 5.41) is 0. The summed E-state index contributed by atoms with van der Waals surface area (Å²) in [5.41, 5.74) is 0. The van der Waals surface area contributed by atoms with Crippen molar-refractivity contribution < 1.29 is 17.9 Å². The highest BCUT2D eigenvalue weighted by molar-refractivity contribution is 9.10. The molecule has 0 fully saturated rings. The zero-order valence-electron chi connectivity index (χ0n) is 8.38. The van der Waals surface area contributed by atoms with E-state index >= 15 is 0 Å². The quantitative estimate of drug-likeness (QED) is 0.733. The molecule has 0 atom stereocenters. The van der Waals surface area contributed by atoms with Crippen LogP contribution in [0.2, 0.25) is 0 Å². The maximum atomic E-state index is 13.5. The summed E-state index contributed by atoms with van der Waals surface area (Å²) in [7, 11) is 0. The molecular formula is C12H6BrF3O. The Kier molecular flexibility index (Phi) is 3.38. The van der Waals surface area contributed by atoms with Crippen molar-refractivity contribution in [2.45, 2.75) is 0 Å². The van der Waals surface area contributed by atoms with Crippen LogP contribution in [0.25, 0.3) is 0 Å². The van der Waals surface area contributed by atoms with E-state index in [1.807, 2.05) is 0 Å². The van der Waals surface area contributed by atoms with Gasteiger partial charge in [-0.05, 0) is 40.2 Å². The average Bonchev–Trinajstić information content (AvgIpc) is 2.30. The van der Waals surface area contributed by atoms with E-state index in [2.05, 4.69) is 15.9 Å². The minimum absolute atomic E-state index is 0.0286. The second-order valence-corrected chi connectivity index (χ2v) is 4.09. The van der Waals surface area contributed by atoms with Gasteiger partial charge in [-0.2, -0.15) is 0 Å². The lowest BCUT2D eigenvalue weighted by molar-refractivity contribution is 0.403. The van der Waals surface area contributed by atoms with Gasteiger partial charge in [0.15, 0.2) is 17.4 Å². The number of rotatable bonds is 2. The summed E-state index contributed by atoms with van der Waals surface area (Å²) in [4.78, 5) is 0. The molecule has 0 heterocycles. The van der Waals surface area contributed by atoms with Crippen LogP contribution in [0.5, 0.6) is 11.5 Å². The van der Waals surface area contributed by atoms with E-state index in [9.17, 15) is 13.2 Å². The van der Waals surface area contributed by atoms with E-state index in [1.165, 1.54) is 24.3 Å². The Morgan fingerprint density at radius 3 is 2.47 bits per heavy atom. The van der Waals surface area contributed by atoms with E-state index in [0.717, 1.165) is 12.1 Å². The monoisotopic (exact) mass is 302 g/mol. The van der Waals surface area contributed by atoms with Crippen LogP contribution >= 0.6 is 15.9 Å². The van der Waals surface area contributed by atoms with E-state index in [0.29, 0.717) is 0 Å². The first-order chi connectivity index (χ1) is 8.08. The highest BCUT2D eigenvalue weighted by Gasteiger charge is 2.14. The van der Waals surface area contributed by atoms with Gasteiger partial charge in [-0.1, -0.05) is 6.07 Å². The maximum absolute atomic E-state index is 13.5. The van der Waals surface area contributed by atoms with Crippen molar-refractivity contribution in [1.29, 1.82) is 0 Å². The molecule has 2 rings (SSSR count). The van der Waals surface area contributed by atoms with Gasteiger partial charge >= 0.3 is 0 Å². The van der Waals surface area contributed by atoms with Crippen LogP contribution in [-0.4, -0.2) is 0 Å². The van der Waals surface area contributed by atoms with Gasteiger partial charge in [-0.3, -0.25) is 0 Å². The Labute approximate surface area is 104 Å². The molecule has 1 nitrogen and oxygen atoms in total. The van der Waals surface area contributed by atoms with Crippen molar-refractivity contribution in [3.8, 4) is 11.5 Å². The van der Waals surface area contributed by atoms with E-state index < -0.39 is 23.2 Å². The second kappa shape index (κ2) is 4.79. The van der Waals surface area contributed by atoms with Crippen LogP contribution in [0.4, 0.5) is 13.2 Å². The Morgan fingerprint density at radius 2 is 1.76 bits per heavy atom. The van der Waals surface area contributed by atoms with Crippen LogP contribution in [-0.2, 0) is 0 Å². The number of hydrogen-bond donors (Lipinski definition) is 0. The molecule has 2 aromatic rings. The third-order valence-corrected chi connectivity index (χ3v) is 2.63. The molecule has 0 aliphatic rings. The molecule has 88 valence electrons. The third kappa shape index (κ3) is 2.61. The number of halogens is 4. The fourth-order valence-electron chi connectivity index (χ4n) is 1.25. The molecule has 0 radical (unpaired) electrons. The summed E-state index contributed by atoms with van der Waals surface area (Å²) >= 11 is 2.91. The summed E-state index contributed by atoms with van der Waals surface area (Å²) in [5.74, 6) is -2.80. The largest absolute Gasteiger partial charge is 0.451 e. The first kappa shape index (κ1) is 12.0. The molecule has 0 aliphatic heterocycles. The minimum Gasteiger partial charge on any atom is -0.451 e. The first-order valence-electron chi connectivity index (χ1n) is 4.65. The van der Waals surface area contributed by atoms with E-state index in [-0.39, 0.29) is 10.2 Å². The molecule has 0 amide bonds. The number of ether oxygens (including phenoxy) is 1. The fourth-order valence-corrected chi connectivity index (χ4v) is 1.56. The molecule has 5 heteroatoms. The van der Waals surface area contributed by atoms with Crippen LogP contribution in [0.15, 0.2) is 40.9 Å². The lowest BCUT2D eigenvalue weighted by Gasteiger charge is -2.08. The van der Waals surface area contributed by atoms with Crippen molar-refractivity contribution in [2.75, 3.05) is 0 Å². The van der Waals surface area contributed by atoms with Gasteiger partial charge in [0.05, 0.1) is 4.47 Å². The van der Waals surface area contributed by atoms with Crippen molar-refractivity contribution >= 4 is 15.9 Å². The Bertz CT molecular complexity index is 557. The SMILES string of the molecule is Fc1cccc(Oc2c(F)ccc(Br)c2F)c1. The second-order valence-electron chi connectivity index (χ2n) is 3.23. The Morgan fingerprint density at radius 1 is 1.00 bits per heavy atom. The number of hydrogen-bond acceptors (Lipinski definition) is 1. The van der Waals surface area contributed by atoms with Gasteiger partial charge in [-0.15, -0.1) is 0 Å². The molecule has 0 aliphatic carbocycles. The standard InChI is InChI=1S/C12H6BrF3O/c13-9-4-5-10(15)12(11(9)16)17-8-3-1-2-7(14)6-8/h1-6H. The van der Waals surface area contributed by atoms with Crippen molar-refractivity contribution in [1.82, 2.24) is 0 Å². The van der Waals surface area contributed by atoms with Crippen molar-refractivity contribution in [3.05, 3.63) is 58.3 Å². The lowest BCUT2D eigenvalue weighted by atomic mass is 10.3. The van der Waals surface area contributed by atoms with Gasteiger partial charge in [0.1, 0.15) is 11.6 Å². The zero-order valence-corrected chi connectivity index (χ0v) is 9.97. The summed E-state index contributed by atoms with van der Waals surface area (Å²) in [6.45, 7) is 0. The van der Waals surface area contributed by atoms with Gasteiger partial charge < -0.3 is 4.74 Å². The third-order valence-electron chi connectivity index (χ3n) is 2.02. The topological polar surface area (TPSA) is 9.23 Å². The van der Waals surface area contributed by atoms with Crippen LogP contribution in [0.3, 0.4) is 0 Å². The van der Waals surface area contributed by atoms with Gasteiger partial charge in [0, 0.05) is 6.07 Å². The Balaban J connectivity index is 2.39. The zero-order chi connectivity index (χ0) is 12.4. The van der Waals surface area contributed by atoms with E-state index in [1.54, 1.807) is 0 Å². The normalized spacial score (nSPS) is 10.4. The molecule has 0 N–H and O–H groups in total. The molecular weight excluding hydrogens is 297 g/mol. The fraction of sp³-hybridized carbons (Fsp3) is 0. The van der Waals surface area contributed by atoms with Crippen molar-refractivity contribution in [2.24, 2.45) is 0 Å².